The lowest BCUT2D eigenvalue weighted by Gasteiger charge is -2.38. The first-order chi connectivity index (χ1) is 17.3. The fraction of sp³-hybridized carbons (Fsp3) is 0.828. The van der Waals surface area contributed by atoms with Crippen LogP contribution in [0.15, 0.2) is 12.2 Å². The Bertz CT molecular complexity index is 559. The molecule has 0 bridgehead atoms. The van der Waals surface area contributed by atoms with Crippen molar-refractivity contribution in [2.45, 2.75) is 129 Å². The predicted octanol–water partition coefficient (Wildman–Crippen LogP) is 7.05. The number of nitrogens with zero attached hydrogens (tertiary/aromatic N) is 1. The van der Waals surface area contributed by atoms with E-state index in [9.17, 15) is 14.4 Å². The van der Waals surface area contributed by atoms with Gasteiger partial charge in [0.15, 0.2) is 0 Å². The van der Waals surface area contributed by atoms with Gasteiger partial charge in [0.05, 0.1) is 45.4 Å². The summed E-state index contributed by atoms with van der Waals surface area (Å²) in [5, 5.41) is 27.3. The first-order valence-electron chi connectivity index (χ1n) is 14.5. The summed E-state index contributed by atoms with van der Waals surface area (Å²) < 4.78 is 0.264. The van der Waals surface area contributed by atoms with Gasteiger partial charge in [0.2, 0.25) is 0 Å². The van der Waals surface area contributed by atoms with E-state index in [0.29, 0.717) is 6.54 Å². The van der Waals surface area contributed by atoms with Crippen molar-refractivity contribution >= 4 is 17.9 Å². The summed E-state index contributed by atoms with van der Waals surface area (Å²) in [5.41, 5.74) is 0. The Labute approximate surface area is 219 Å². The van der Waals surface area contributed by atoms with Gasteiger partial charge in [-0.1, -0.05) is 89.7 Å². The highest BCUT2D eigenvalue weighted by atomic mass is 16.4. The molecule has 0 amide bonds. The highest BCUT2D eigenvalue weighted by Crippen LogP contribution is 2.17. The van der Waals surface area contributed by atoms with Crippen LogP contribution in [0.3, 0.4) is 0 Å². The summed E-state index contributed by atoms with van der Waals surface area (Å²) in [4.78, 5) is 33.4. The lowest BCUT2D eigenvalue weighted by molar-refractivity contribution is -0.927. The number of unbranched alkanes of at least 4 members (excludes halogenated alkanes) is 14. The van der Waals surface area contributed by atoms with E-state index >= 15 is 0 Å². The number of hydrogen-bond acceptors (Lipinski definition) is 3. The number of rotatable bonds is 27. The van der Waals surface area contributed by atoms with Crippen molar-refractivity contribution in [2.75, 3.05) is 26.2 Å². The molecule has 0 unspecified atom stereocenters. The van der Waals surface area contributed by atoms with Crippen LogP contribution < -0.4 is 0 Å². The van der Waals surface area contributed by atoms with Gasteiger partial charge in [-0.2, -0.15) is 0 Å². The molecule has 0 atom stereocenters. The summed E-state index contributed by atoms with van der Waals surface area (Å²) >= 11 is 0. The summed E-state index contributed by atoms with van der Waals surface area (Å²) in [6.45, 7) is 3.71. The van der Waals surface area contributed by atoms with Crippen LogP contribution in [0.4, 0.5) is 0 Å². The van der Waals surface area contributed by atoms with E-state index in [2.05, 4.69) is 19.1 Å². The highest BCUT2D eigenvalue weighted by molar-refractivity contribution is 5.67. The smallest absolute Gasteiger partial charge is 0.309 e. The average molecular weight is 513 g/mol. The van der Waals surface area contributed by atoms with E-state index < -0.39 is 17.9 Å². The Morgan fingerprint density at radius 3 is 1.19 bits per heavy atom. The molecule has 210 valence electrons. The minimum atomic E-state index is -0.932. The molecule has 0 aliphatic heterocycles. The summed E-state index contributed by atoms with van der Waals surface area (Å²) in [7, 11) is 0. The van der Waals surface area contributed by atoms with E-state index in [0.717, 1.165) is 19.3 Å². The second-order valence-electron chi connectivity index (χ2n) is 10.3. The molecule has 0 aliphatic carbocycles. The Morgan fingerprint density at radius 1 is 0.500 bits per heavy atom. The maximum atomic E-state index is 11.1. The molecule has 0 aliphatic rings. The number of aliphatic carboxylic acids is 3. The van der Waals surface area contributed by atoms with Crippen molar-refractivity contribution in [3.8, 4) is 0 Å². The van der Waals surface area contributed by atoms with Crippen LogP contribution in [0.5, 0.6) is 0 Å². The zero-order valence-electron chi connectivity index (χ0n) is 22.9. The molecule has 0 radical (unpaired) electrons. The first kappa shape index (κ1) is 34.1. The van der Waals surface area contributed by atoms with Crippen LogP contribution in [0.1, 0.15) is 129 Å². The van der Waals surface area contributed by atoms with Crippen molar-refractivity contribution in [3.05, 3.63) is 12.2 Å². The molecule has 0 aromatic carbocycles. The van der Waals surface area contributed by atoms with Crippen LogP contribution in [-0.2, 0) is 14.4 Å². The average Bonchev–Trinajstić information content (AvgIpc) is 2.83. The predicted molar refractivity (Wildman–Crippen MR) is 145 cm³/mol. The molecule has 0 aromatic heterocycles. The fourth-order valence-corrected chi connectivity index (χ4v) is 4.73. The van der Waals surface area contributed by atoms with E-state index in [1.165, 1.54) is 83.5 Å². The third kappa shape index (κ3) is 22.6. The van der Waals surface area contributed by atoms with Crippen molar-refractivity contribution in [2.24, 2.45) is 0 Å². The quantitative estimate of drug-likeness (QED) is 0.0618. The fourth-order valence-electron chi connectivity index (χ4n) is 4.73. The zero-order valence-corrected chi connectivity index (χ0v) is 22.9. The normalized spacial score (nSPS) is 11.8. The van der Waals surface area contributed by atoms with Crippen LogP contribution in [0, 0.1) is 0 Å². The second kappa shape index (κ2) is 23.5. The second-order valence-corrected chi connectivity index (χ2v) is 10.3. The van der Waals surface area contributed by atoms with Gasteiger partial charge in [0, 0.05) is 0 Å². The standard InChI is InChI=1S/C29H53NO6/c1-2-3-4-5-6-7-8-9-10-11-12-13-14-15-16-17-18-19-23-30(24-20-27(31)32,25-21-28(33)34)26-22-29(35)36/h4-5H,2-3,6-26H2,1H3,(H2-,31,32,33,34,35,36)/p+1/b5-4+. The highest BCUT2D eigenvalue weighted by Gasteiger charge is 2.29. The first-order valence-corrected chi connectivity index (χ1v) is 14.5. The van der Waals surface area contributed by atoms with Gasteiger partial charge in [-0.05, 0) is 32.1 Å². The maximum Gasteiger partial charge on any atom is 0.309 e. The molecule has 0 saturated carbocycles. The number of hydrogen-bond donors (Lipinski definition) is 3. The van der Waals surface area contributed by atoms with Gasteiger partial charge in [-0.25, -0.2) is 0 Å². The Morgan fingerprint density at radius 2 is 0.833 bits per heavy atom. The molecule has 0 saturated heterocycles. The number of carboxylic acid groups (broad SMARTS) is 3. The van der Waals surface area contributed by atoms with E-state index in [1.807, 2.05) is 0 Å². The Balaban J connectivity index is 3.97. The summed E-state index contributed by atoms with van der Waals surface area (Å²) in [6.07, 6.45) is 24.1. The van der Waals surface area contributed by atoms with Gasteiger partial charge in [-0.3, -0.25) is 14.4 Å². The molecule has 0 rings (SSSR count). The van der Waals surface area contributed by atoms with Crippen LogP contribution in [-0.4, -0.2) is 63.9 Å². The number of carbonyl (C=O) groups is 3. The molecule has 0 spiro atoms. The van der Waals surface area contributed by atoms with Gasteiger partial charge in [-0.15, -0.1) is 0 Å². The van der Waals surface area contributed by atoms with E-state index in [4.69, 9.17) is 15.3 Å². The SMILES string of the molecule is CCC/C=C/CCCCCCCCCCCCCCC[N+](CCC(=O)O)(CCC(=O)O)CCC(=O)O. The molecule has 3 N–H and O–H groups in total. The van der Waals surface area contributed by atoms with Gasteiger partial charge >= 0.3 is 17.9 Å². The van der Waals surface area contributed by atoms with Crippen LogP contribution in [0.25, 0.3) is 0 Å². The molecule has 0 fully saturated rings. The van der Waals surface area contributed by atoms with Gasteiger partial charge < -0.3 is 19.8 Å². The zero-order chi connectivity index (χ0) is 26.9. The van der Waals surface area contributed by atoms with Crippen molar-refractivity contribution < 1.29 is 34.2 Å². The molecule has 36 heavy (non-hydrogen) atoms. The van der Waals surface area contributed by atoms with Crippen LogP contribution >= 0.6 is 0 Å². The largest absolute Gasteiger partial charge is 0.481 e. The Kier molecular flexibility index (Phi) is 22.3. The third-order valence-electron chi connectivity index (χ3n) is 7.03. The molecular weight excluding hydrogens is 458 g/mol. The van der Waals surface area contributed by atoms with Crippen molar-refractivity contribution in [1.82, 2.24) is 0 Å². The number of allylic oxidation sites excluding steroid dienone is 2. The molecule has 7 heteroatoms. The van der Waals surface area contributed by atoms with E-state index in [-0.39, 0.29) is 43.4 Å². The lowest BCUT2D eigenvalue weighted by Crippen LogP contribution is -2.52. The molecule has 0 heterocycles. The molecule has 0 aromatic rings. The Hall–Kier alpha value is -1.89. The van der Waals surface area contributed by atoms with Crippen molar-refractivity contribution in [1.29, 1.82) is 0 Å². The minimum Gasteiger partial charge on any atom is -0.481 e. The van der Waals surface area contributed by atoms with Crippen molar-refractivity contribution in [3.63, 3.8) is 0 Å². The molecule has 7 nitrogen and oxygen atoms in total. The molecular formula is C29H54NO6+. The number of carboxylic acids is 3. The van der Waals surface area contributed by atoms with Crippen LogP contribution in [0.2, 0.25) is 0 Å². The van der Waals surface area contributed by atoms with Gasteiger partial charge in [0.1, 0.15) is 0 Å². The third-order valence-corrected chi connectivity index (χ3v) is 7.03. The summed E-state index contributed by atoms with van der Waals surface area (Å²) in [5.74, 6) is -2.80. The topological polar surface area (TPSA) is 112 Å². The van der Waals surface area contributed by atoms with E-state index in [1.54, 1.807) is 0 Å². The maximum absolute atomic E-state index is 11.1. The lowest BCUT2D eigenvalue weighted by atomic mass is 10.0. The number of quaternary nitrogens is 1. The monoisotopic (exact) mass is 512 g/mol. The van der Waals surface area contributed by atoms with Gasteiger partial charge in [0.25, 0.3) is 0 Å². The minimum absolute atomic E-state index is 0.0738. The summed E-state index contributed by atoms with van der Waals surface area (Å²) in [6, 6.07) is 0.